The maximum absolute atomic E-state index is 12.4. The van der Waals surface area contributed by atoms with Gasteiger partial charge in [-0.2, -0.15) is 0 Å². The van der Waals surface area contributed by atoms with Crippen LogP contribution in [0.2, 0.25) is 0 Å². The van der Waals surface area contributed by atoms with Crippen molar-refractivity contribution in [2.75, 3.05) is 82.1 Å². The van der Waals surface area contributed by atoms with Gasteiger partial charge >= 0.3 is 5.97 Å². The van der Waals surface area contributed by atoms with E-state index in [9.17, 15) is 9.59 Å². The summed E-state index contributed by atoms with van der Waals surface area (Å²) in [6.07, 6.45) is 0. The van der Waals surface area contributed by atoms with Crippen molar-refractivity contribution in [3.05, 3.63) is 48.0 Å². The topological polar surface area (TPSA) is 100 Å². The van der Waals surface area contributed by atoms with Crippen molar-refractivity contribution in [1.82, 2.24) is 9.80 Å². The van der Waals surface area contributed by atoms with E-state index in [2.05, 4.69) is 27.2 Å². The number of ether oxygens (including phenoxy) is 2. The van der Waals surface area contributed by atoms with E-state index in [-0.39, 0.29) is 12.5 Å². The van der Waals surface area contributed by atoms with Crippen LogP contribution in [0.1, 0.15) is 24.2 Å². The van der Waals surface area contributed by atoms with Crippen LogP contribution in [-0.4, -0.2) is 87.8 Å². The smallest absolute Gasteiger partial charge is 0.338 e. The number of carbonyl (C=O) groups is 2. The number of carbonyl (C=O) groups excluding carboxylic acids is 2. The van der Waals surface area contributed by atoms with Gasteiger partial charge in [0.05, 0.1) is 30.1 Å². The van der Waals surface area contributed by atoms with Gasteiger partial charge in [0.15, 0.2) is 0 Å². The normalized spacial score (nSPS) is 14.0. The van der Waals surface area contributed by atoms with Gasteiger partial charge in [-0.1, -0.05) is 6.07 Å². The lowest BCUT2D eigenvalue weighted by Crippen LogP contribution is -2.50. The van der Waals surface area contributed by atoms with E-state index in [0.717, 1.165) is 56.3 Å². The fourth-order valence-corrected chi connectivity index (χ4v) is 4.07. The molecule has 190 valence electrons. The summed E-state index contributed by atoms with van der Waals surface area (Å²) in [5.41, 5.74) is 9.79. The molecule has 0 unspecified atom stereocenters. The van der Waals surface area contributed by atoms with Crippen molar-refractivity contribution in [3.8, 4) is 0 Å². The van der Waals surface area contributed by atoms with Crippen molar-refractivity contribution in [1.29, 1.82) is 0 Å². The van der Waals surface area contributed by atoms with Crippen LogP contribution >= 0.6 is 0 Å². The lowest BCUT2D eigenvalue weighted by Gasteiger charge is -2.36. The Morgan fingerprint density at radius 1 is 1.03 bits per heavy atom. The number of nitrogens with two attached hydrogens (primary N) is 1. The Morgan fingerprint density at radius 3 is 2.43 bits per heavy atom. The van der Waals surface area contributed by atoms with Crippen LogP contribution in [0.4, 0.5) is 22.7 Å². The molecule has 9 nitrogen and oxygen atoms in total. The molecule has 0 bridgehead atoms. The molecule has 0 spiro atoms. The Bertz CT molecular complexity index is 987. The second-order valence-electron chi connectivity index (χ2n) is 8.44. The van der Waals surface area contributed by atoms with Crippen LogP contribution in [0.25, 0.3) is 0 Å². The molecule has 0 aromatic heterocycles. The third-order valence-corrected chi connectivity index (χ3v) is 6.15. The number of anilines is 4. The molecule has 0 saturated carbocycles. The number of nitrogen functional groups attached to an aromatic ring is 1. The SMILES string of the molecule is CCN(CC)C(=O)CN1CCN(c2cccc(Nc3ccc(C(=O)OCCOC)cc3N)c2)CC1. The number of methoxy groups -OCH3 is 1. The van der Waals surface area contributed by atoms with Crippen LogP contribution in [-0.2, 0) is 14.3 Å². The van der Waals surface area contributed by atoms with E-state index in [1.807, 2.05) is 30.9 Å². The molecule has 3 N–H and O–H groups in total. The first-order valence-corrected chi connectivity index (χ1v) is 12.1. The molecular weight excluding hydrogens is 446 g/mol. The predicted octanol–water partition coefficient (Wildman–Crippen LogP) is 2.81. The number of esters is 1. The largest absolute Gasteiger partial charge is 0.460 e. The molecule has 1 saturated heterocycles. The highest BCUT2D eigenvalue weighted by Gasteiger charge is 2.21. The minimum absolute atomic E-state index is 0.196. The molecule has 1 aliphatic heterocycles. The quantitative estimate of drug-likeness (QED) is 0.286. The summed E-state index contributed by atoms with van der Waals surface area (Å²) in [5.74, 6) is -0.235. The number of likely N-dealkylation sites (N-methyl/N-ethyl adjacent to an activating group) is 1. The Balaban J connectivity index is 1.57. The lowest BCUT2D eigenvalue weighted by molar-refractivity contribution is -0.132. The molecule has 2 aromatic rings. The summed E-state index contributed by atoms with van der Waals surface area (Å²) in [6, 6.07) is 13.2. The fraction of sp³-hybridized carbons (Fsp3) is 0.462. The molecule has 0 aliphatic carbocycles. The van der Waals surface area contributed by atoms with Gasteiger partial charge < -0.3 is 30.3 Å². The van der Waals surface area contributed by atoms with Gasteiger partial charge in [-0.3, -0.25) is 9.69 Å². The summed E-state index contributed by atoms with van der Waals surface area (Å²) in [6.45, 7) is 9.96. The minimum atomic E-state index is -0.430. The first kappa shape index (κ1) is 26.3. The average molecular weight is 484 g/mol. The van der Waals surface area contributed by atoms with Gasteiger partial charge in [0, 0.05) is 57.8 Å². The molecule has 0 radical (unpaired) electrons. The fourth-order valence-electron chi connectivity index (χ4n) is 4.07. The highest BCUT2D eigenvalue weighted by Crippen LogP contribution is 2.27. The zero-order valence-corrected chi connectivity index (χ0v) is 21.0. The van der Waals surface area contributed by atoms with Crippen molar-refractivity contribution in [2.24, 2.45) is 0 Å². The molecule has 3 rings (SSSR count). The predicted molar refractivity (Wildman–Crippen MR) is 139 cm³/mol. The number of nitrogens with zero attached hydrogens (tertiary/aromatic N) is 3. The zero-order chi connectivity index (χ0) is 25.2. The molecular formula is C26H37N5O4. The van der Waals surface area contributed by atoms with E-state index >= 15 is 0 Å². The third kappa shape index (κ3) is 7.34. The third-order valence-electron chi connectivity index (χ3n) is 6.15. The number of benzene rings is 2. The molecule has 1 heterocycles. The molecule has 1 fully saturated rings. The van der Waals surface area contributed by atoms with Gasteiger partial charge in [0.25, 0.3) is 0 Å². The number of hydrogen-bond acceptors (Lipinski definition) is 8. The number of rotatable bonds is 11. The molecule has 0 atom stereocenters. The number of piperazine rings is 1. The second-order valence-corrected chi connectivity index (χ2v) is 8.44. The Morgan fingerprint density at radius 2 is 1.77 bits per heavy atom. The van der Waals surface area contributed by atoms with E-state index in [0.29, 0.717) is 24.4 Å². The number of amides is 1. The summed E-state index contributed by atoms with van der Waals surface area (Å²) in [5, 5.41) is 3.35. The van der Waals surface area contributed by atoms with Crippen molar-refractivity contribution < 1.29 is 19.1 Å². The van der Waals surface area contributed by atoms with Crippen LogP contribution in [0, 0.1) is 0 Å². The van der Waals surface area contributed by atoms with Crippen LogP contribution < -0.4 is 16.0 Å². The zero-order valence-electron chi connectivity index (χ0n) is 21.0. The average Bonchev–Trinajstić information content (AvgIpc) is 2.86. The highest BCUT2D eigenvalue weighted by molar-refractivity contribution is 5.92. The standard InChI is InChI=1S/C26H37N5O4/c1-4-30(5-2)25(32)19-29-11-13-31(14-12-29)22-8-6-7-21(18-22)28-24-10-9-20(17-23(24)27)26(33)35-16-15-34-3/h6-10,17-18,28H,4-5,11-16,19,27H2,1-3H3. The maximum atomic E-state index is 12.4. The maximum Gasteiger partial charge on any atom is 0.338 e. The van der Waals surface area contributed by atoms with E-state index in [4.69, 9.17) is 15.2 Å². The van der Waals surface area contributed by atoms with Crippen molar-refractivity contribution in [2.45, 2.75) is 13.8 Å². The molecule has 9 heteroatoms. The van der Waals surface area contributed by atoms with Gasteiger partial charge in [-0.15, -0.1) is 0 Å². The number of nitrogens with one attached hydrogen (secondary N) is 1. The minimum Gasteiger partial charge on any atom is -0.460 e. The van der Waals surface area contributed by atoms with Crippen molar-refractivity contribution >= 4 is 34.6 Å². The monoisotopic (exact) mass is 483 g/mol. The molecule has 35 heavy (non-hydrogen) atoms. The van der Waals surface area contributed by atoms with E-state index in [1.165, 1.54) is 0 Å². The van der Waals surface area contributed by atoms with Gasteiger partial charge in [-0.25, -0.2) is 4.79 Å². The van der Waals surface area contributed by atoms with Crippen LogP contribution in [0.15, 0.2) is 42.5 Å². The summed E-state index contributed by atoms with van der Waals surface area (Å²) in [7, 11) is 1.55. The summed E-state index contributed by atoms with van der Waals surface area (Å²) >= 11 is 0. The Hall–Kier alpha value is -3.30. The lowest BCUT2D eigenvalue weighted by atomic mass is 10.1. The first-order chi connectivity index (χ1) is 16.9. The summed E-state index contributed by atoms with van der Waals surface area (Å²) < 4.78 is 10.0. The molecule has 1 aliphatic rings. The first-order valence-electron chi connectivity index (χ1n) is 12.1. The van der Waals surface area contributed by atoms with Crippen LogP contribution in [0.3, 0.4) is 0 Å². The Labute approximate surface area is 207 Å². The molecule has 1 amide bonds. The van der Waals surface area contributed by atoms with Crippen LogP contribution in [0.5, 0.6) is 0 Å². The van der Waals surface area contributed by atoms with E-state index in [1.54, 1.807) is 25.3 Å². The summed E-state index contributed by atoms with van der Waals surface area (Å²) in [4.78, 5) is 31.0. The van der Waals surface area contributed by atoms with Gasteiger partial charge in [0.2, 0.25) is 5.91 Å². The molecule has 2 aromatic carbocycles. The second kappa shape index (κ2) is 13.0. The van der Waals surface area contributed by atoms with Gasteiger partial charge in [-0.05, 0) is 50.2 Å². The number of hydrogen-bond donors (Lipinski definition) is 2. The Kier molecular flexibility index (Phi) is 9.75. The van der Waals surface area contributed by atoms with Gasteiger partial charge in [0.1, 0.15) is 6.61 Å². The highest BCUT2D eigenvalue weighted by atomic mass is 16.6. The van der Waals surface area contributed by atoms with E-state index < -0.39 is 5.97 Å². The van der Waals surface area contributed by atoms with Crippen molar-refractivity contribution in [3.63, 3.8) is 0 Å².